The van der Waals surface area contributed by atoms with Gasteiger partial charge in [-0.15, -0.1) is 0 Å². The summed E-state index contributed by atoms with van der Waals surface area (Å²) in [4.78, 5) is 8.32. The summed E-state index contributed by atoms with van der Waals surface area (Å²) in [5.74, 6) is 1.66. The van der Waals surface area contributed by atoms with E-state index in [1.807, 2.05) is 0 Å². The first-order chi connectivity index (χ1) is 7.74. The highest BCUT2D eigenvalue weighted by molar-refractivity contribution is 5.35. The Kier molecular flexibility index (Phi) is 3.39. The number of anilines is 1. The first kappa shape index (κ1) is 11.3. The smallest absolute Gasteiger partial charge is 0.144 e. The highest BCUT2D eigenvalue weighted by Crippen LogP contribution is 2.33. The van der Waals surface area contributed by atoms with Crippen LogP contribution in [0.25, 0.3) is 0 Å². The molecule has 4 heteroatoms. The fourth-order valence-corrected chi connectivity index (χ4v) is 2.33. The van der Waals surface area contributed by atoms with Crippen molar-refractivity contribution in [2.24, 2.45) is 11.7 Å². The van der Waals surface area contributed by atoms with Crippen LogP contribution in [-0.4, -0.2) is 22.1 Å². The first-order valence-electron chi connectivity index (χ1n) is 5.98. The highest BCUT2D eigenvalue weighted by Gasteiger charge is 2.32. The van der Waals surface area contributed by atoms with Gasteiger partial charge in [0.05, 0.1) is 11.7 Å². The van der Waals surface area contributed by atoms with Gasteiger partial charge >= 0.3 is 0 Å². The second kappa shape index (κ2) is 4.78. The Bertz CT molecular complexity index is 317. The molecule has 1 fully saturated rings. The Morgan fingerprint density at radius 3 is 2.75 bits per heavy atom. The van der Waals surface area contributed by atoms with E-state index in [1.54, 1.807) is 18.6 Å². The van der Waals surface area contributed by atoms with Gasteiger partial charge in [-0.2, -0.15) is 0 Å². The van der Waals surface area contributed by atoms with Crippen molar-refractivity contribution in [3.8, 4) is 0 Å². The number of rotatable bonds is 3. The van der Waals surface area contributed by atoms with Crippen molar-refractivity contribution in [1.29, 1.82) is 0 Å². The average molecular weight is 220 g/mol. The fourth-order valence-electron chi connectivity index (χ4n) is 2.33. The topological polar surface area (TPSA) is 63.8 Å². The third-order valence-corrected chi connectivity index (χ3v) is 3.58. The molecule has 4 nitrogen and oxygen atoms in total. The van der Waals surface area contributed by atoms with Crippen LogP contribution in [0.15, 0.2) is 18.6 Å². The largest absolute Gasteiger partial charge is 0.362 e. The summed E-state index contributed by atoms with van der Waals surface area (Å²) in [5.41, 5.74) is 5.95. The zero-order valence-corrected chi connectivity index (χ0v) is 9.82. The minimum absolute atomic E-state index is 0.0303. The predicted molar refractivity (Wildman–Crippen MR) is 65.1 cm³/mol. The molecular weight excluding hydrogens is 200 g/mol. The summed E-state index contributed by atoms with van der Waals surface area (Å²) >= 11 is 0. The standard InChI is InChI=1S/C12H20N4/c1-10-2-4-12(9-13,5-3-10)16-11-8-14-6-7-15-11/h6-8,10H,2-5,9,13H2,1H3,(H,15,16). The molecule has 1 aromatic heterocycles. The van der Waals surface area contributed by atoms with E-state index in [9.17, 15) is 0 Å². The number of hydrogen-bond acceptors (Lipinski definition) is 4. The Hall–Kier alpha value is -1.16. The molecule has 0 aromatic carbocycles. The van der Waals surface area contributed by atoms with Gasteiger partial charge in [0.1, 0.15) is 5.82 Å². The lowest BCUT2D eigenvalue weighted by molar-refractivity contribution is 0.271. The van der Waals surface area contributed by atoms with E-state index < -0.39 is 0 Å². The summed E-state index contributed by atoms with van der Waals surface area (Å²) in [6, 6.07) is 0. The van der Waals surface area contributed by atoms with E-state index in [0.29, 0.717) is 6.54 Å². The molecule has 0 aliphatic heterocycles. The van der Waals surface area contributed by atoms with Crippen molar-refractivity contribution in [3.05, 3.63) is 18.6 Å². The first-order valence-corrected chi connectivity index (χ1v) is 5.98. The lowest BCUT2D eigenvalue weighted by atomic mass is 9.77. The molecule has 0 spiro atoms. The molecule has 88 valence electrons. The van der Waals surface area contributed by atoms with E-state index >= 15 is 0 Å². The number of nitrogens with two attached hydrogens (primary N) is 1. The summed E-state index contributed by atoms with van der Waals surface area (Å²) in [6.07, 6.45) is 9.88. The van der Waals surface area contributed by atoms with Crippen molar-refractivity contribution in [2.75, 3.05) is 11.9 Å². The molecule has 1 heterocycles. The van der Waals surface area contributed by atoms with Crippen LogP contribution in [0.1, 0.15) is 32.6 Å². The van der Waals surface area contributed by atoms with E-state index in [-0.39, 0.29) is 5.54 Å². The summed E-state index contributed by atoms with van der Waals surface area (Å²) in [6.45, 7) is 2.97. The van der Waals surface area contributed by atoms with Gasteiger partial charge in [-0.3, -0.25) is 4.98 Å². The van der Waals surface area contributed by atoms with Gasteiger partial charge in [-0.1, -0.05) is 6.92 Å². The van der Waals surface area contributed by atoms with Crippen molar-refractivity contribution >= 4 is 5.82 Å². The zero-order valence-electron chi connectivity index (χ0n) is 9.82. The maximum absolute atomic E-state index is 5.92. The third kappa shape index (κ3) is 2.50. The molecule has 0 radical (unpaired) electrons. The summed E-state index contributed by atoms with van der Waals surface area (Å²) in [5, 5.41) is 3.47. The Labute approximate surface area is 96.7 Å². The SMILES string of the molecule is CC1CCC(CN)(Nc2cnccn2)CC1. The molecule has 1 aromatic rings. The van der Waals surface area contributed by atoms with Crippen molar-refractivity contribution in [3.63, 3.8) is 0 Å². The molecule has 1 saturated carbocycles. The van der Waals surface area contributed by atoms with Gasteiger partial charge in [0.25, 0.3) is 0 Å². The van der Waals surface area contributed by atoms with Crippen LogP contribution >= 0.6 is 0 Å². The molecule has 0 bridgehead atoms. The summed E-state index contributed by atoms with van der Waals surface area (Å²) in [7, 11) is 0. The molecular formula is C12H20N4. The monoisotopic (exact) mass is 220 g/mol. The maximum Gasteiger partial charge on any atom is 0.144 e. The van der Waals surface area contributed by atoms with Crippen molar-refractivity contribution in [1.82, 2.24) is 9.97 Å². The van der Waals surface area contributed by atoms with Gasteiger partial charge in [0.15, 0.2) is 0 Å². The highest BCUT2D eigenvalue weighted by atomic mass is 15.1. The van der Waals surface area contributed by atoms with Crippen LogP contribution in [0.5, 0.6) is 0 Å². The minimum atomic E-state index is 0.0303. The Balaban J connectivity index is 2.05. The number of aromatic nitrogens is 2. The molecule has 2 rings (SSSR count). The van der Waals surface area contributed by atoms with Crippen LogP contribution in [0.4, 0.5) is 5.82 Å². The van der Waals surface area contributed by atoms with Gasteiger partial charge in [-0.05, 0) is 31.6 Å². The van der Waals surface area contributed by atoms with Gasteiger partial charge in [0, 0.05) is 18.9 Å². The van der Waals surface area contributed by atoms with Crippen LogP contribution in [-0.2, 0) is 0 Å². The van der Waals surface area contributed by atoms with E-state index in [4.69, 9.17) is 5.73 Å². The van der Waals surface area contributed by atoms with E-state index in [1.165, 1.54) is 12.8 Å². The predicted octanol–water partition coefficient (Wildman–Crippen LogP) is 1.80. The molecule has 1 aliphatic carbocycles. The van der Waals surface area contributed by atoms with Gasteiger partial charge in [-0.25, -0.2) is 4.98 Å². The number of nitrogens with zero attached hydrogens (tertiary/aromatic N) is 2. The second-order valence-electron chi connectivity index (χ2n) is 4.88. The normalized spacial score (nSPS) is 30.0. The van der Waals surface area contributed by atoms with Crippen LogP contribution < -0.4 is 11.1 Å². The lowest BCUT2D eigenvalue weighted by Crippen LogP contribution is -2.48. The second-order valence-corrected chi connectivity index (χ2v) is 4.88. The van der Waals surface area contributed by atoms with Gasteiger partial charge in [0.2, 0.25) is 0 Å². The van der Waals surface area contributed by atoms with Crippen molar-refractivity contribution < 1.29 is 0 Å². The van der Waals surface area contributed by atoms with E-state index in [0.717, 1.165) is 24.6 Å². The maximum atomic E-state index is 5.92. The molecule has 0 unspecified atom stereocenters. The molecule has 0 saturated heterocycles. The Morgan fingerprint density at radius 1 is 1.44 bits per heavy atom. The third-order valence-electron chi connectivity index (χ3n) is 3.58. The zero-order chi connectivity index (χ0) is 11.4. The van der Waals surface area contributed by atoms with E-state index in [2.05, 4.69) is 22.2 Å². The molecule has 1 aliphatic rings. The number of hydrogen-bond donors (Lipinski definition) is 2. The van der Waals surface area contributed by atoms with Gasteiger partial charge < -0.3 is 11.1 Å². The fraction of sp³-hybridized carbons (Fsp3) is 0.667. The molecule has 3 N–H and O–H groups in total. The van der Waals surface area contributed by atoms with Crippen LogP contribution in [0.2, 0.25) is 0 Å². The quantitative estimate of drug-likeness (QED) is 0.815. The van der Waals surface area contributed by atoms with Crippen LogP contribution in [0.3, 0.4) is 0 Å². The molecule has 0 amide bonds. The average Bonchev–Trinajstić information content (AvgIpc) is 2.34. The molecule has 16 heavy (non-hydrogen) atoms. The number of nitrogens with one attached hydrogen (secondary N) is 1. The lowest BCUT2D eigenvalue weighted by Gasteiger charge is -2.39. The van der Waals surface area contributed by atoms with Crippen molar-refractivity contribution in [2.45, 2.75) is 38.1 Å². The molecule has 0 atom stereocenters. The van der Waals surface area contributed by atoms with Crippen LogP contribution in [0, 0.1) is 5.92 Å². The minimum Gasteiger partial charge on any atom is -0.362 e. The summed E-state index contributed by atoms with van der Waals surface area (Å²) < 4.78 is 0. The Morgan fingerprint density at radius 2 is 2.19 bits per heavy atom.